The second-order valence-electron chi connectivity index (χ2n) is 9.20. The molecule has 34 heavy (non-hydrogen) atoms. The third kappa shape index (κ3) is 3.55. The number of aliphatic hydroxyl groups excluding tert-OH is 1. The van der Waals surface area contributed by atoms with Crippen LogP contribution in [0.3, 0.4) is 0 Å². The van der Waals surface area contributed by atoms with Gasteiger partial charge >= 0.3 is 0 Å². The van der Waals surface area contributed by atoms with Crippen LogP contribution >= 0.6 is 0 Å². The molecule has 1 fully saturated rings. The molecule has 0 aromatic carbocycles. The van der Waals surface area contributed by atoms with Crippen molar-refractivity contribution in [3.05, 3.63) is 64.1 Å². The van der Waals surface area contributed by atoms with Gasteiger partial charge in [-0.05, 0) is 43.4 Å². The molecule has 0 bridgehead atoms. The molecule has 4 atom stereocenters. The van der Waals surface area contributed by atoms with E-state index in [9.17, 15) is 19.5 Å². The van der Waals surface area contributed by atoms with Gasteiger partial charge in [-0.1, -0.05) is 13.0 Å². The van der Waals surface area contributed by atoms with Crippen LogP contribution in [0.1, 0.15) is 60.4 Å². The van der Waals surface area contributed by atoms with Crippen LogP contribution in [0.25, 0.3) is 5.57 Å². The highest BCUT2D eigenvalue weighted by atomic mass is 16.3. The fraction of sp³-hybridized carbons (Fsp3) is 0.480. The third-order valence-corrected chi connectivity index (χ3v) is 7.30. The predicted molar refractivity (Wildman–Crippen MR) is 125 cm³/mol. The van der Waals surface area contributed by atoms with Crippen LogP contribution in [0.5, 0.6) is 0 Å². The molecule has 4 heterocycles. The number of rotatable bonds is 6. The molecule has 9 nitrogen and oxygen atoms in total. The summed E-state index contributed by atoms with van der Waals surface area (Å²) in [5.41, 5.74) is 2.52. The first-order valence-corrected chi connectivity index (χ1v) is 12.0. The lowest BCUT2D eigenvalue weighted by atomic mass is 9.88. The predicted octanol–water partition coefficient (Wildman–Crippen LogP) is 1.54. The molecule has 0 unspecified atom stereocenters. The van der Waals surface area contributed by atoms with Gasteiger partial charge in [0.15, 0.2) is 0 Å². The summed E-state index contributed by atoms with van der Waals surface area (Å²) in [6.07, 6.45) is 10.1. The van der Waals surface area contributed by atoms with Crippen LogP contribution in [0.2, 0.25) is 0 Å². The van der Waals surface area contributed by atoms with Crippen LogP contribution in [-0.4, -0.2) is 55.5 Å². The molecule has 2 N–H and O–H groups in total. The first kappa shape index (κ1) is 22.5. The molecule has 9 heteroatoms. The van der Waals surface area contributed by atoms with Crippen molar-refractivity contribution in [2.75, 3.05) is 13.2 Å². The van der Waals surface area contributed by atoms with Gasteiger partial charge in [-0.25, -0.2) is 4.98 Å². The minimum Gasteiger partial charge on any atom is -0.396 e. The largest absolute Gasteiger partial charge is 0.396 e. The normalized spacial score (nSPS) is 25.1. The molecular weight excluding hydrogens is 434 g/mol. The summed E-state index contributed by atoms with van der Waals surface area (Å²) >= 11 is 0. The lowest BCUT2D eigenvalue weighted by molar-refractivity contribution is -0.126. The van der Waals surface area contributed by atoms with Crippen molar-refractivity contribution in [2.45, 2.75) is 51.2 Å². The summed E-state index contributed by atoms with van der Waals surface area (Å²) in [6, 6.07) is 2.38. The van der Waals surface area contributed by atoms with E-state index in [1.807, 2.05) is 19.1 Å². The van der Waals surface area contributed by atoms with E-state index in [1.165, 1.54) is 23.5 Å². The fourth-order valence-corrected chi connectivity index (χ4v) is 5.76. The molecular formula is C25H29N5O4. The molecule has 5 rings (SSSR count). The van der Waals surface area contributed by atoms with E-state index >= 15 is 0 Å². The lowest BCUT2D eigenvalue weighted by Gasteiger charge is -2.30. The van der Waals surface area contributed by atoms with Crippen molar-refractivity contribution in [3.8, 4) is 0 Å². The lowest BCUT2D eigenvalue weighted by Crippen LogP contribution is -2.50. The number of fused-ring (bicyclic) bond motifs is 3. The maximum atomic E-state index is 13.7. The van der Waals surface area contributed by atoms with Crippen molar-refractivity contribution in [1.29, 1.82) is 0 Å². The molecule has 0 saturated carbocycles. The Balaban J connectivity index is 1.60. The zero-order valence-electron chi connectivity index (χ0n) is 19.2. The minimum atomic E-state index is -0.859. The Labute approximate surface area is 197 Å². The van der Waals surface area contributed by atoms with Crippen LogP contribution < -0.4 is 10.9 Å². The Morgan fingerprint density at radius 1 is 1.26 bits per heavy atom. The number of allylic oxidation sites excluding steroid dienone is 2. The smallest absolute Gasteiger partial charge is 0.275 e. The standard InChI is InChI=1S/C25H29N5O4/c1-2-9-28-23(32)22-18(14-31)17-13-29-20(8-7-16(24(29)33)15-5-3-4-6-15)21(17)30(22)25(34)19-12-26-10-11-27-19/h5,7-8,10-12,17-18,21-22,31H,2-4,6,9,13-14H2,1H3,(H,28,32)/t17-,18-,21+,22-/m1/s1. The number of aliphatic hydroxyl groups is 1. The maximum absolute atomic E-state index is 13.7. The number of hydrogen-bond acceptors (Lipinski definition) is 6. The number of nitrogens with zero attached hydrogens (tertiary/aromatic N) is 4. The summed E-state index contributed by atoms with van der Waals surface area (Å²) < 4.78 is 1.73. The average Bonchev–Trinajstić information content (AvgIpc) is 3.58. The zero-order chi connectivity index (χ0) is 23.8. The second-order valence-corrected chi connectivity index (χ2v) is 9.20. The number of carbonyl (C=O) groups excluding carboxylic acids is 2. The van der Waals surface area contributed by atoms with E-state index < -0.39 is 23.9 Å². The number of pyridine rings is 1. The van der Waals surface area contributed by atoms with Crippen molar-refractivity contribution in [3.63, 3.8) is 0 Å². The van der Waals surface area contributed by atoms with Crippen LogP contribution in [0.4, 0.5) is 0 Å². The molecule has 178 valence electrons. The van der Waals surface area contributed by atoms with E-state index in [0.717, 1.165) is 31.3 Å². The highest BCUT2D eigenvalue weighted by Crippen LogP contribution is 2.49. The summed E-state index contributed by atoms with van der Waals surface area (Å²) in [7, 11) is 0. The summed E-state index contributed by atoms with van der Waals surface area (Å²) in [6.45, 7) is 2.52. The minimum absolute atomic E-state index is 0.0735. The zero-order valence-corrected chi connectivity index (χ0v) is 19.2. The third-order valence-electron chi connectivity index (χ3n) is 7.30. The molecule has 0 spiro atoms. The molecule has 0 radical (unpaired) electrons. The number of aromatic nitrogens is 3. The number of amides is 2. The van der Waals surface area contributed by atoms with Gasteiger partial charge in [0.2, 0.25) is 5.91 Å². The first-order chi connectivity index (χ1) is 16.6. The van der Waals surface area contributed by atoms with E-state index in [4.69, 9.17) is 0 Å². The average molecular weight is 464 g/mol. The quantitative estimate of drug-likeness (QED) is 0.671. The highest BCUT2D eigenvalue weighted by Gasteiger charge is 2.57. The Kier molecular flexibility index (Phi) is 6.03. The molecule has 2 aromatic heterocycles. The molecule has 2 aliphatic heterocycles. The Morgan fingerprint density at radius 2 is 2.12 bits per heavy atom. The fourth-order valence-electron chi connectivity index (χ4n) is 5.76. The topological polar surface area (TPSA) is 117 Å². The molecule has 1 saturated heterocycles. The second kappa shape index (κ2) is 9.13. The van der Waals surface area contributed by atoms with E-state index in [0.29, 0.717) is 24.3 Å². The number of hydrogen-bond donors (Lipinski definition) is 2. The van der Waals surface area contributed by atoms with Gasteiger partial charge in [0.1, 0.15) is 11.7 Å². The van der Waals surface area contributed by atoms with Crippen molar-refractivity contribution in [1.82, 2.24) is 24.8 Å². The monoisotopic (exact) mass is 463 g/mol. The number of nitrogens with one attached hydrogen (secondary N) is 1. The van der Waals surface area contributed by atoms with Crippen LogP contribution in [-0.2, 0) is 11.3 Å². The van der Waals surface area contributed by atoms with Gasteiger partial charge in [-0.2, -0.15) is 0 Å². The summed E-state index contributed by atoms with van der Waals surface area (Å²) in [5.74, 6) is -1.49. The van der Waals surface area contributed by atoms with Crippen molar-refractivity contribution >= 4 is 17.4 Å². The van der Waals surface area contributed by atoms with Gasteiger partial charge in [-0.3, -0.25) is 19.4 Å². The van der Waals surface area contributed by atoms with Crippen molar-refractivity contribution in [2.24, 2.45) is 11.8 Å². The van der Waals surface area contributed by atoms with E-state index in [1.54, 1.807) is 4.57 Å². The van der Waals surface area contributed by atoms with Crippen LogP contribution in [0.15, 0.2) is 41.6 Å². The number of likely N-dealkylation sites (tertiary alicyclic amines) is 1. The number of carbonyl (C=O) groups is 2. The molecule has 2 aromatic rings. The Hall–Kier alpha value is -3.33. The summed E-state index contributed by atoms with van der Waals surface area (Å²) in [5, 5.41) is 13.3. The van der Waals surface area contributed by atoms with Crippen molar-refractivity contribution < 1.29 is 14.7 Å². The molecule has 2 amide bonds. The first-order valence-electron chi connectivity index (χ1n) is 12.0. The Bertz CT molecular complexity index is 1190. The van der Waals surface area contributed by atoms with E-state index in [2.05, 4.69) is 21.4 Å². The van der Waals surface area contributed by atoms with Gasteiger partial charge < -0.3 is 19.9 Å². The SMILES string of the molecule is CCCNC(=O)[C@H]1[C@H](CO)[C@H]2Cn3c(ccc(C4=CCCC4)c3=O)[C@H]2N1C(=O)c1cnccn1. The van der Waals surface area contributed by atoms with Gasteiger partial charge in [-0.15, -0.1) is 0 Å². The molecule has 3 aliphatic rings. The summed E-state index contributed by atoms with van der Waals surface area (Å²) in [4.78, 5) is 50.0. The molecule has 1 aliphatic carbocycles. The van der Waals surface area contributed by atoms with Crippen LogP contribution in [0, 0.1) is 11.8 Å². The maximum Gasteiger partial charge on any atom is 0.275 e. The van der Waals surface area contributed by atoms with Gasteiger partial charge in [0, 0.05) is 55.2 Å². The van der Waals surface area contributed by atoms with Gasteiger partial charge in [0.05, 0.1) is 12.2 Å². The van der Waals surface area contributed by atoms with E-state index in [-0.39, 0.29) is 29.7 Å². The van der Waals surface area contributed by atoms with Gasteiger partial charge in [0.25, 0.3) is 11.5 Å². The Morgan fingerprint density at radius 3 is 2.79 bits per heavy atom. The highest BCUT2D eigenvalue weighted by molar-refractivity contribution is 5.97.